The summed E-state index contributed by atoms with van der Waals surface area (Å²) in [6.07, 6.45) is 0.952. The normalized spacial score (nSPS) is 14.0. The number of carboxylic acid groups (broad SMARTS) is 1. The van der Waals surface area contributed by atoms with Crippen molar-refractivity contribution in [3.05, 3.63) is 29.8 Å². The number of aromatic hydroxyl groups is 1. The zero-order valence-corrected chi connectivity index (χ0v) is 29.2. The average Bonchev–Trinajstić information content (AvgIpc) is 3.02. The second kappa shape index (κ2) is 21.8. The molecule has 1 rings (SSSR count). The molecule has 0 heterocycles. The highest BCUT2D eigenvalue weighted by Crippen LogP contribution is 2.13. The lowest BCUT2D eigenvalue weighted by molar-refractivity contribution is -0.143. The zero-order chi connectivity index (χ0) is 38.0. The van der Waals surface area contributed by atoms with Crippen LogP contribution in [0, 0.1) is 11.8 Å². The van der Waals surface area contributed by atoms with Crippen molar-refractivity contribution >= 4 is 41.5 Å². The fourth-order valence-corrected chi connectivity index (χ4v) is 4.82. The number of carboxylic acids is 1. The SMILES string of the molecule is CC(C)C[C@H](NC(=O)[C@@H](N)Cc1ccc(O)cc1)C(=O)N[C@@H](CCCN=C(N)N)C(=O)N[C@@H](CCCN=C(N)N)C(=O)N[C@H](C(=O)O)C(C)C. The number of guanidine groups is 2. The Bertz CT molecular complexity index is 1330. The van der Waals surface area contributed by atoms with E-state index in [0.717, 1.165) is 0 Å². The van der Waals surface area contributed by atoms with Gasteiger partial charge in [-0.05, 0) is 68.1 Å². The molecular weight excluding hydrogens is 650 g/mol. The molecule has 0 fully saturated rings. The summed E-state index contributed by atoms with van der Waals surface area (Å²) in [5.74, 6) is -4.74. The minimum absolute atomic E-state index is 0.0401. The highest BCUT2D eigenvalue weighted by atomic mass is 16.4. The summed E-state index contributed by atoms with van der Waals surface area (Å²) >= 11 is 0. The Morgan fingerprint density at radius 3 is 1.56 bits per heavy atom. The van der Waals surface area contributed by atoms with E-state index in [1.165, 1.54) is 12.1 Å². The number of phenols is 1. The van der Waals surface area contributed by atoms with Gasteiger partial charge in [0.05, 0.1) is 6.04 Å². The first-order chi connectivity index (χ1) is 23.4. The van der Waals surface area contributed by atoms with Gasteiger partial charge < -0.3 is 60.1 Å². The van der Waals surface area contributed by atoms with Gasteiger partial charge in [-0.3, -0.25) is 29.2 Å². The number of nitrogens with one attached hydrogen (secondary N) is 4. The molecule has 0 aliphatic rings. The number of carbonyl (C=O) groups excluding carboxylic acids is 4. The van der Waals surface area contributed by atoms with E-state index in [4.69, 9.17) is 28.7 Å². The minimum atomic E-state index is -1.25. The quantitative estimate of drug-likeness (QED) is 0.0358. The van der Waals surface area contributed by atoms with Crippen LogP contribution in [0.15, 0.2) is 34.3 Å². The number of nitrogens with zero attached hydrogens (tertiary/aromatic N) is 2. The monoisotopic (exact) mass is 705 g/mol. The van der Waals surface area contributed by atoms with Crippen LogP contribution in [0.1, 0.15) is 65.4 Å². The first-order valence-corrected chi connectivity index (χ1v) is 16.5. The number of aliphatic carboxylic acids is 1. The van der Waals surface area contributed by atoms with Gasteiger partial charge >= 0.3 is 5.97 Å². The summed E-state index contributed by atoms with van der Waals surface area (Å²) in [5.41, 5.74) is 28.5. The van der Waals surface area contributed by atoms with Crippen molar-refractivity contribution in [2.24, 2.45) is 50.5 Å². The van der Waals surface area contributed by atoms with Crippen molar-refractivity contribution in [2.45, 2.75) is 96.4 Å². The fourth-order valence-electron chi connectivity index (χ4n) is 4.82. The number of benzene rings is 1. The number of amides is 4. The number of rotatable bonds is 22. The number of phenolic OH excluding ortho intramolecular Hbond substituents is 1. The predicted molar refractivity (Wildman–Crippen MR) is 189 cm³/mol. The molecule has 4 amide bonds. The van der Waals surface area contributed by atoms with Crippen LogP contribution in [0.2, 0.25) is 0 Å². The second-order valence-electron chi connectivity index (χ2n) is 12.8. The Kier molecular flexibility index (Phi) is 18.7. The van der Waals surface area contributed by atoms with E-state index in [1.54, 1.807) is 26.0 Å². The van der Waals surface area contributed by atoms with Crippen LogP contribution >= 0.6 is 0 Å². The van der Waals surface area contributed by atoms with Gasteiger partial charge in [-0.2, -0.15) is 0 Å². The lowest BCUT2D eigenvalue weighted by Crippen LogP contribution is -2.59. The number of nitrogens with two attached hydrogens (primary N) is 5. The highest BCUT2D eigenvalue weighted by Gasteiger charge is 2.32. The first-order valence-electron chi connectivity index (χ1n) is 16.5. The smallest absolute Gasteiger partial charge is 0.326 e. The third kappa shape index (κ3) is 16.8. The van der Waals surface area contributed by atoms with Crippen molar-refractivity contribution < 1.29 is 34.2 Å². The average molecular weight is 706 g/mol. The Morgan fingerprint density at radius 1 is 0.700 bits per heavy atom. The Hall–Kier alpha value is -5.13. The topological polar surface area (TPSA) is 329 Å². The molecule has 1 aromatic carbocycles. The van der Waals surface area contributed by atoms with Gasteiger partial charge in [0.15, 0.2) is 11.9 Å². The maximum absolute atomic E-state index is 13.7. The molecule has 0 aliphatic carbocycles. The molecule has 16 N–H and O–H groups in total. The third-order valence-corrected chi connectivity index (χ3v) is 7.46. The molecule has 0 aromatic heterocycles. The minimum Gasteiger partial charge on any atom is -0.508 e. The molecule has 0 saturated heterocycles. The summed E-state index contributed by atoms with van der Waals surface area (Å²) in [4.78, 5) is 73.3. The molecule has 18 nitrogen and oxygen atoms in total. The summed E-state index contributed by atoms with van der Waals surface area (Å²) in [5, 5.41) is 29.6. The van der Waals surface area contributed by atoms with E-state index in [1.807, 2.05) is 13.8 Å². The number of hydrogen-bond donors (Lipinski definition) is 11. The molecule has 280 valence electrons. The van der Waals surface area contributed by atoms with Crippen LogP contribution in [0.3, 0.4) is 0 Å². The molecule has 0 aliphatic heterocycles. The largest absolute Gasteiger partial charge is 0.508 e. The fraction of sp³-hybridized carbons (Fsp3) is 0.594. The Labute approximate surface area is 292 Å². The van der Waals surface area contributed by atoms with Crippen molar-refractivity contribution in [3.8, 4) is 5.75 Å². The molecule has 50 heavy (non-hydrogen) atoms. The van der Waals surface area contributed by atoms with E-state index >= 15 is 0 Å². The molecule has 18 heteroatoms. The number of hydrogen-bond acceptors (Lipinski definition) is 9. The lowest BCUT2D eigenvalue weighted by atomic mass is 10.0. The molecule has 0 saturated carbocycles. The molecule has 0 bridgehead atoms. The van der Waals surface area contributed by atoms with Gasteiger partial charge in [0.2, 0.25) is 23.6 Å². The van der Waals surface area contributed by atoms with Gasteiger partial charge in [-0.25, -0.2) is 4.79 Å². The standard InChI is InChI=1S/C32H55N11O7/c1-17(2)15-24(42-26(45)21(33)16-19-9-11-20(44)12-10-19)29(48)41-22(7-5-13-38-31(34)35)27(46)40-23(8-6-14-39-32(36)37)28(47)43-25(18(3)4)30(49)50/h9-12,17-18,21-25,44H,5-8,13-16,33H2,1-4H3,(H,40,46)(H,41,48)(H,42,45)(H,43,47)(H,49,50)(H4,34,35,38)(H4,36,37,39)/t21-,22-,23-,24-,25-/m0/s1. The van der Waals surface area contributed by atoms with Crippen molar-refractivity contribution in [3.63, 3.8) is 0 Å². The van der Waals surface area contributed by atoms with E-state index in [0.29, 0.717) is 5.56 Å². The molecule has 0 radical (unpaired) electrons. The number of aliphatic imine (C=N–C) groups is 2. The molecule has 0 unspecified atom stereocenters. The molecule has 1 aromatic rings. The van der Waals surface area contributed by atoms with Crippen molar-refractivity contribution in [1.29, 1.82) is 0 Å². The van der Waals surface area contributed by atoms with E-state index in [2.05, 4.69) is 31.3 Å². The van der Waals surface area contributed by atoms with Crippen LogP contribution in [-0.4, -0.2) is 95.0 Å². The lowest BCUT2D eigenvalue weighted by Gasteiger charge is -2.27. The molecule has 5 atom stereocenters. The van der Waals surface area contributed by atoms with Gasteiger partial charge in [-0.15, -0.1) is 0 Å². The summed E-state index contributed by atoms with van der Waals surface area (Å²) in [6.45, 7) is 7.24. The van der Waals surface area contributed by atoms with Crippen molar-refractivity contribution in [2.75, 3.05) is 13.1 Å². The third-order valence-electron chi connectivity index (χ3n) is 7.46. The molecular formula is C32H55N11O7. The summed E-state index contributed by atoms with van der Waals surface area (Å²) in [7, 11) is 0. The van der Waals surface area contributed by atoms with Crippen LogP contribution in [0.5, 0.6) is 5.75 Å². The molecule has 0 spiro atoms. The van der Waals surface area contributed by atoms with Crippen LogP contribution in [0.4, 0.5) is 0 Å². The summed E-state index contributed by atoms with van der Waals surface area (Å²) < 4.78 is 0. The number of carbonyl (C=O) groups is 5. The summed E-state index contributed by atoms with van der Waals surface area (Å²) in [6, 6.07) is 0.482. The van der Waals surface area contributed by atoms with Gasteiger partial charge in [0.25, 0.3) is 0 Å². The highest BCUT2D eigenvalue weighted by molar-refractivity contribution is 5.95. The van der Waals surface area contributed by atoms with Gasteiger partial charge in [0.1, 0.15) is 29.9 Å². The maximum atomic E-state index is 13.7. The first kappa shape index (κ1) is 42.9. The van der Waals surface area contributed by atoms with Gasteiger partial charge in [0, 0.05) is 13.1 Å². The van der Waals surface area contributed by atoms with E-state index in [9.17, 15) is 34.2 Å². The Morgan fingerprint density at radius 2 is 1.14 bits per heavy atom. The zero-order valence-electron chi connectivity index (χ0n) is 29.2. The van der Waals surface area contributed by atoms with Gasteiger partial charge in [-0.1, -0.05) is 39.8 Å². The Balaban J connectivity index is 3.25. The van der Waals surface area contributed by atoms with Crippen molar-refractivity contribution in [1.82, 2.24) is 21.3 Å². The van der Waals surface area contributed by atoms with E-state index in [-0.39, 0.29) is 75.2 Å². The van der Waals surface area contributed by atoms with Crippen LogP contribution in [0.25, 0.3) is 0 Å². The van der Waals surface area contributed by atoms with Crippen LogP contribution < -0.4 is 49.9 Å². The second-order valence-corrected chi connectivity index (χ2v) is 12.8. The van der Waals surface area contributed by atoms with Crippen LogP contribution in [-0.2, 0) is 30.4 Å². The van der Waals surface area contributed by atoms with E-state index < -0.39 is 65.7 Å². The maximum Gasteiger partial charge on any atom is 0.326 e. The predicted octanol–water partition coefficient (Wildman–Crippen LogP) is -1.90.